The first-order valence-electron chi connectivity index (χ1n) is 8.92. The second kappa shape index (κ2) is 8.59. The van der Waals surface area contributed by atoms with Crippen molar-refractivity contribution in [3.63, 3.8) is 0 Å². The molecule has 3 rings (SSSR count). The fourth-order valence-electron chi connectivity index (χ4n) is 3.35. The van der Waals surface area contributed by atoms with Gasteiger partial charge in [0.15, 0.2) is 0 Å². The fraction of sp³-hybridized carbons (Fsp3) is 0.273. The van der Waals surface area contributed by atoms with E-state index in [-0.39, 0.29) is 5.92 Å². The Morgan fingerprint density at radius 3 is 2.88 bits per heavy atom. The first-order chi connectivity index (χ1) is 12.6. The highest BCUT2D eigenvalue weighted by molar-refractivity contribution is 5.87. The van der Waals surface area contributed by atoms with Gasteiger partial charge in [0.25, 0.3) is 0 Å². The molecular formula is C22H24N2O2. The lowest BCUT2D eigenvalue weighted by atomic mass is 9.89. The van der Waals surface area contributed by atoms with Gasteiger partial charge in [0.2, 0.25) is 0 Å². The first-order valence-corrected chi connectivity index (χ1v) is 8.92. The monoisotopic (exact) mass is 348 g/mol. The van der Waals surface area contributed by atoms with Crippen LogP contribution in [0, 0.1) is 6.92 Å². The predicted molar refractivity (Wildman–Crippen MR) is 103 cm³/mol. The number of benzene rings is 1. The number of rotatable bonds is 6. The van der Waals surface area contributed by atoms with Gasteiger partial charge in [0.05, 0.1) is 0 Å². The SMILES string of the molecule is Cc1ccccc1C(C=CCN1CCC=C(C(=O)O)C1)c1cccnc1. The van der Waals surface area contributed by atoms with E-state index in [1.165, 1.54) is 11.1 Å². The van der Waals surface area contributed by atoms with Crippen molar-refractivity contribution in [3.8, 4) is 0 Å². The molecule has 1 aromatic carbocycles. The maximum Gasteiger partial charge on any atom is 0.332 e. The largest absolute Gasteiger partial charge is 0.478 e. The van der Waals surface area contributed by atoms with Crippen LogP contribution in [0.15, 0.2) is 72.6 Å². The Hall–Kier alpha value is -2.72. The lowest BCUT2D eigenvalue weighted by Gasteiger charge is -2.24. The molecule has 0 radical (unpaired) electrons. The molecule has 0 spiro atoms. The number of aryl methyl sites for hydroxylation is 1. The van der Waals surface area contributed by atoms with E-state index in [9.17, 15) is 9.90 Å². The van der Waals surface area contributed by atoms with Gasteiger partial charge in [0, 0.05) is 43.5 Å². The molecule has 1 N–H and O–H groups in total. The zero-order chi connectivity index (χ0) is 18.4. The Labute approximate surface area is 154 Å². The van der Waals surface area contributed by atoms with Gasteiger partial charge < -0.3 is 5.11 Å². The predicted octanol–water partition coefficient (Wildman–Crippen LogP) is 3.79. The van der Waals surface area contributed by atoms with Crippen molar-refractivity contribution in [1.82, 2.24) is 9.88 Å². The molecule has 1 atom stereocenters. The van der Waals surface area contributed by atoms with Crippen LogP contribution in [-0.2, 0) is 4.79 Å². The number of aliphatic carboxylic acids is 1. The van der Waals surface area contributed by atoms with E-state index in [2.05, 4.69) is 59.3 Å². The highest BCUT2D eigenvalue weighted by Gasteiger charge is 2.17. The quantitative estimate of drug-likeness (QED) is 0.807. The van der Waals surface area contributed by atoms with Crippen molar-refractivity contribution in [2.24, 2.45) is 0 Å². The minimum absolute atomic E-state index is 0.143. The lowest BCUT2D eigenvalue weighted by molar-refractivity contribution is -0.133. The normalized spacial score (nSPS) is 16.4. The van der Waals surface area contributed by atoms with Gasteiger partial charge in [-0.05, 0) is 36.1 Å². The number of carboxylic acids is 1. The standard InChI is InChI=1S/C22H24N2O2/c1-17-7-2-3-10-20(17)21(18-8-4-12-23-15-18)11-6-14-24-13-5-9-19(16-24)22(25)26/h2-4,6-12,15,21H,5,13-14,16H2,1H3,(H,25,26). The summed E-state index contributed by atoms with van der Waals surface area (Å²) in [5.74, 6) is -0.670. The van der Waals surface area contributed by atoms with Crippen LogP contribution in [-0.4, -0.2) is 40.6 Å². The summed E-state index contributed by atoms with van der Waals surface area (Å²) in [7, 11) is 0. The van der Waals surface area contributed by atoms with Crippen molar-refractivity contribution in [2.75, 3.05) is 19.6 Å². The third-order valence-electron chi connectivity index (χ3n) is 4.76. The van der Waals surface area contributed by atoms with Crippen molar-refractivity contribution in [2.45, 2.75) is 19.3 Å². The maximum absolute atomic E-state index is 11.2. The number of nitrogens with zero attached hydrogens (tertiary/aromatic N) is 2. The Kier molecular flexibility index (Phi) is 5.97. The zero-order valence-electron chi connectivity index (χ0n) is 15.0. The van der Waals surface area contributed by atoms with Crippen LogP contribution in [0.3, 0.4) is 0 Å². The molecule has 4 nitrogen and oxygen atoms in total. The first kappa shape index (κ1) is 18.1. The van der Waals surface area contributed by atoms with E-state index in [0.717, 1.165) is 25.1 Å². The van der Waals surface area contributed by atoms with Crippen LogP contribution in [0.1, 0.15) is 29.0 Å². The summed E-state index contributed by atoms with van der Waals surface area (Å²) in [5.41, 5.74) is 4.16. The molecule has 0 saturated carbocycles. The second-order valence-corrected chi connectivity index (χ2v) is 6.61. The molecular weight excluding hydrogens is 324 g/mol. The molecule has 1 unspecified atom stereocenters. The highest BCUT2D eigenvalue weighted by Crippen LogP contribution is 2.28. The molecule has 0 aliphatic carbocycles. The van der Waals surface area contributed by atoms with Crippen LogP contribution in [0.4, 0.5) is 0 Å². The Balaban J connectivity index is 1.76. The van der Waals surface area contributed by atoms with E-state index in [4.69, 9.17) is 0 Å². The summed E-state index contributed by atoms with van der Waals surface area (Å²) in [6.45, 7) is 4.26. The summed E-state index contributed by atoms with van der Waals surface area (Å²) in [6.07, 6.45) is 10.7. The number of aromatic nitrogens is 1. The smallest absolute Gasteiger partial charge is 0.332 e. The van der Waals surface area contributed by atoms with Crippen LogP contribution in [0.5, 0.6) is 0 Å². The molecule has 1 aliphatic heterocycles. The van der Waals surface area contributed by atoms with Crippen molar-refractivity contribution < 1.29 is 9.90 Å². The summed E-state index contributed by atoms with van der Waals surface area (Å²) in [6, 6.07) is 12.5. The summed E-state index contributed by atoms with van der Waals surface area (Å²) >= 11 is 0. The van der Waals surface area contributed by atoms with Gasteiger partial charge in [0.1, 0.15) is 0 Å². The van der Waals surface area contributed by atoms with Gasteiger partial charge >= 0.3 is 5.97 Å². The molecule has 0 saturated heterocycles. The van der Waals surface area contributed by atoms with Crippen LogP contribution in [0.25, 0.3) is 0 Å². The molecule has 2 aromatic rings. The summed E-state index contributed by atoms with van der Waals surface area (Å²) in [5, 5.41) is 9.18. The van der Waals surface area contributed by atoms with E-state index in [0.29, 0.717) is 12.1 Å². The molecule has 0 amide bonds. The van der Waals surface area contributed by atoms with Gasteiger partial charge in [-0.3, -0.25) is 9.88 Å². The van der Waals surface area contributed by atoms with Gasteiger partial charge in [-0.25, -0.2) is 4.79 Å². The topological polar surface area (TPSA) is 53.4 Å². The van der Waals surface area contributed by atoms with Gasteiger partial charge in [-0.1, -0.05) is 48.6 Å². The molecule has 26 heavy (non-hydrogen) atoms. The molecule has 134 valence electrons. The van der Waals surface area contributed by atoms with E-state index < -0.39 is 5.97 Å². The molecule has 0 fully saturated rings. The molecule has 4 heteroatoms. The summed E-state index contributed by atoms with van der Waals surface area (Å²) in [4.78, 5) is 17.6. The average Bonchev–Trinajstić information content (AvgIpc) is 2.67. The number of hydrogen-bond donors (Lipinski definition) is 1. The van der Waals surface area contributed by atoms with Gasteiger partial charge in [-0.2, -0.15) is 0 Å². The lowest BCUT2D eigenvalue weighted by Crippen LogP contribution is -2.32. The number of hydrogen-bond acceptors (Lipinski definition) is 3. The number of carbonyl (C=O) groups is 1. The van der Waals surface area contributed by atoms with Crippen molar-refractivity contribution in [3.05, 3.63) is 89.3 Å². The molecule has 2 heterocycles. The number of pyridine rings is 1. The third-order valence-corrected chi connectivity index (χ3v) is 4.76. The minimum atomic E-state index is -0.813. The minimum Gasteiger partial charge on any atom is -0.478 e. The molecule has 0 bridgehead atoms. The number of carboxylic acid groups (broad SMARTS) is 1. The zero-order valence-corrected chi connectivity index (χ0v) is 15.0. The van der Waals surface area contributed by atoms with E-state index in [1.807, 2.05) is 18.3 Å². The van der Waals surface area contributed by atoms with E-state index >= 15 is 0 Å². The van der Waals surface area contributed by atoms with Crippen molar-refractivity contribution in [1.29, 1.82) is 0 Å². The van der Waals surface area contributed by atoms with Gasteiger partial charge in [-0.15, -0.1) is 0 Å². The van der Waals surface area contributed by atoms with Crippen LogP contribution in [0.2, 0.25) is 0 Å². The van der Waals surface area contributed by atoms with E-state index in [1.54, 1.807) is 6.20 Å². The Morgan fingerprint density at radius 2 is 2.15 bits per heavy atom. The highest BCUT2D eigenvalue weighted by atomic mass is 16.4. The van der Waals surface area contributed by atoms with Crippen molar-refractivity contribution >= 4 is 5.97 Å². The third kappa shape index (κ3) is 4.46. The molecule has 1 aromatic heterocycles. The maximum atomic E-state index is 11.2. The molecule has 1 aliphatic rings. The Morgan fingerprint density at radius 1 is 1.31 bits per heavy atom. The second-order valence-electron chi connectivity index (χ2n) is 6.61. The Bertz CT molecular complexity index is 812. The average molecular weight is 348 g/mol. The number of allylic oxidation sites excluding steroid dienone is 1. The summed E-state index contributed by atoms with van der Waals surface area (Å²) < 4.78 is 0. The van der Waals surface area contributed by atoms with Crippen LogP contribution < -0.4 is 0 Å². The fourth-order valence-corrected chi connectivity index (χ4v) is 3.35. The van der Waals surface area contributed by atoms with Crippen LogP contribution >= 0.6 is 0 Å².